The highest BCUT2D eigenvalue weighted by Gasteiger charge is 2.32. The second kappa shape index (κ2) is 16.1. The lowest BCUT2D eigenvalue weighted by Gasteiger charge is -2.13. The monoisotopic (exact) mass is 452 g/mol. The molecule has 1 heterocycles. The van der Waals surface area contributed by atoms with Gasteiger partial charge in [0.25, 0.3) is 0 Å². The van der Waals surface area contributed by atoms with Crippen molar-refractivity contribution >= 4 is 0 Å². The molecule has 0 aliphatic carbocycles. The van der Waals surface area contributed by atoms with Gasteiger partial charge in [0.2, 0.25) is 0 Å². The summed E-state index contributed by atoms with van der Waals surface area (Å²) in [6, 6.07) is 29.2. The zero-order chi connectivity index (χ0) is 23.7. The summed E-state index contributed by atoms with van der Waals surface area (Å²) in [4.78, 5) is 0. The Hall–Kier alpha value is -2.54. The molecule has 4 rings (SSSR count). The van der Waals surface area contributed by atoms with E-state index in [1.165, 1.54) is 5.56 Å². The lowest BCUT2D eigenvalue weighted by atomic mass is 10.1. The average Bonchev–Trinajstić information content (AvgIpc) is 3.25. The predicted molar refractivity (Wildman–Crippen MR) is 130 cm³/mol. The first kappa shape index (κ1) is 26.7. The van der Waals surface area contributed by atoms with Crippen LogP contribution in [0.25, 0.3) is 0 Å². The van der Waals surface area contributed by atoms with Gasteiger partial charge in [-0.3, -0.25) is 0 Å². The molecule has 0 bridgehead atoms. The van der Waals surface area contributed by atoms with Gasteiger partial charge < -0.3 is 24.4 Å². The molecule has 0 saturated carbocycles. The van der Waals surface area contributed by atoms with E-state index in [0.717, 1.165) is 17.5 Å². The van der Waals surface area contributed by atoms with Crippen LogP contribution in [0, 0.1) is 5.92 Å². The molecule has 1 aliphatic rings. The van der Waals surface area contributed by atoms with Gasteiger partial charge in [-0.1, -0.05) is 97.9 Å². The predicted octanol–water partition coefficient (Wildman–Crippen LogP) is 4.96. The number of benzene rings is 3. The number of methoxy groups -OCH3 is 1. The molecular weight excluding hydrogens is 416 g/mol. The van der Waals surface area contributed by atoms with Crippen molar-refractivity contribution < 1.29 is 24.4 Å². The molecule has 1 saturated heterocycles. The first-order chi connectivity index (χ1) is 16.2. The molecule has 1 fully saturated rings. The molecule has 0 spiro atoms. The molecule has 3 aromatic carbocycles. The number of aliphatic hydroxyl groups is 2. The van der Waals surface area contributed by atoms with Crippen LogP contribution in [0.1, 0.15) is 30.0 Å². The largest absolute Gasteiger partial charge is 0.392 e. The summed E-state index contributed by atoms with van der Waals surface area (Å²) in [5.41, 5.74) is 3.13. The van der Waals surface area contributed by atoms with Crippen LogP contribution in [0.5, 0.6) is 0 Å². The van der Waals surface area contributed by atoms with Crippen LogP contribution >= 0.6 is 0 Å². The Morgan fingerprint density at radius 3 is 1.58 bits per heavy atom. The van der Waals surface area contributed by atoms with Crippen LogP contribution < -0.4 is 0 Å². The van der Waals surface area contributed by atoms with Crippen LogP contribution in [0.15, 0.2) is 91.0 Å². The van der Waals surface area contributed by atoms with Crippen LogP contribution in [0.4, 0.5) is 0 Å². The van der Waals surface area contributed by atoms with Crippen LogP contribution in [-0.2, 0) is 34.0 Å². The van der Waals surface area contributed by atoms with Gasteiger partial charge in [-0.05, 0) is 23.1 Å². The first-order valence-electron chi connectivity index (χ1n) is 11.3. The molecule has 2 unspecified atom stereocenters. The molecule has 178 valence electrons. The molecule has 0 radical (unpaired) electrons. The fourth-order valence-electron chi connectivity index (χ4n) is 3.35. The minimum Gasteiger partial charge on any atom is -0.392 e. The van der Waals surface area contributed by atoms with Gasteiger partial charge in [0.05, 0.1) is 32.5 Å². The highest BCUT2D eigenvalue weighted by atomic mass is 16.7. The molecule has 1 aliphatic heterocycles. The smallest absolute Gasteiger partial charge is 0.160 e. The van der Waals surface area contributed by atoms with Crippen molar-refractivity contribution in [3.63, 3.8) is 0 Å². The van der Waals surface area contributed by atoms with E-state index in [4.69, 9.17) is 24.4 Å². The molecule has 5 nitrogen and oxygen atoms in total. The van der Waals surface area contributed by atoms with Crippen LogP contribution in [-0.4, -0.2) is 36.3 Å². The van der Waals surface area contributed by atoms with E-state index in [1.54, 1.807) is 7.11 Å². The molecule has 33 heavy (non-hydrogen) atoms. The second-order valence-electron chi connectivity index (χ2n) is 7.86. The van der Waals surface area contributed by atoms with Crippen molar-refractivity contribution in [1.29, 1.82) is 0 Å². The SMILES string of the molecule is COC1OC(COCc2ccccc2)C[C@@H]1C.OCc1ccccc1.OCc1ccccc1. The van der Waals surface area contributed by atoms with Gasteiger partial charge in [-0.2, -0.15) is 0 Å². The van der Waals surface area contributed by atoms with E-state index in [2.05, 4.69) is 19.1 Å². The lowest BCUT2D eigenvalue weighted by Crippen LogP contribution is -2.18. The summed E-state index contributed by atoms with van der Waals surface area (Å²) in [6.45, 7) is 3.71. The van der Waals surface area contributed by atoms with E-state index in [9.17, 15) is 0 Å². The third-order valence-corrected chi connectivity index (χ3v) is 5.12. The Kier molecular flexibility index (Phi) is 13.1. The van der Waals surface area contributed by atoms with Gasteiger partial charge >= 0.3 is 0 Å². The maximum atomic E-state index is 8.54. The van der Waals surface area contributed by atoms with Crippen molar-refractivity contribution in [3.8, 4) is 0 Å². The Morgan fingerprint density at radius 2 is 1.21 bits per heavy atom. The summed E-state index contributed by atoms with van der Waals surface area (Å²) in [6.07, 6.45) is 1.10. The Morgan fingerprint density at radius 1 is 0.758 bits per heavy atom. The van der Waals surface area contributed by atoms with Crippen LogP contribution in [0.2, 0.25) is 0 Å². The maximum absolute atomic E-state index is 8.54. The second-order valence-corrected chi connectivity index (χ2v) is 7.86. The fourth-order valence-corrected chi connectivity index (χ4v) is 3.35. The molecule has 3 aromatic rings. The third-order valence-electron chi connectivity index (χ3n) is 5.12. The summed E-state index contributed by atoms with van der Waals surface area (Å²) in [5.74, 6) is 0.449. The topological polar surface area (TPSA) is 68.2 Å². The Bertz CT molecular complexity index is 802. The lowest BCUT2D eigenvalue weighted by molar-refractivity contribution is -0.141. The molecule has 2 N–H and O–H groups in total. The summed E-state index contributed by atoms with van der Waals surface area (Å²) >= 11 is 0. The molecule has 0 amide bonds. The zero-order valence-electron chi connectivity index (χ0n) is 19.5. The summed E-state index contributed by atoms with van der Waals surface area (Å²) < 4.78 is 16.6. The number of aliphatic hydroxyl groups excluding tert-OH is 2. The van der Waals surface area contributed by atoms with Gasteiger partial charge in [-0.25, -0.2) is 0 Å². The maximum Gasteiger partial charge on any atom is 0.160 e. The van der Waals surface area contributed by atoms with E-state index in [-0.39, 0.29) is 25.6 Å². The molecule has 0 aromatic heterocycles. The minimum absolute atomic E-state index is 0.0691. The Labute approximate surface area is 197 Å². The summed E-state index contributed by atoms with van der Waals surface area (Å²) in [5, 5.41) is 17.1. The Balaban J connectivity index is 0.000000200. The average molecular weight is 453 g/mol. The normalized spacial score (nSPS) is 19.1. The van der Waals surface area contributed by atoms with Crippen molar-refractivity contribution in [2.75, 3.05) is 13.7 Å². The third kappa shape index (κ3) is 10.7. The van der Waals surface area contributed by atoms with Crippen molar-refractivity contribution in [3.05, 3.63) is 108 Å². The quantitative estimate of drug-likeness (QED) is 0.530. The van der Waals surface area contributed by atoms with Crippen molar-refractivity contribution in [2.24, 2.45) is 5.92 Å². The zero-order valence-corrected chi connectivity index (χ0v) is 19.5. The first-order valence-corrected chi connectivity index (χ1v) is 11.3. The van der Waals surface area contributed by atoms with Crippen molar-refractivity contribution in [2.45, 2.75) is 45.6 Å². The standard InChI is InChI=1S/C14H20O3.2C7H8O/c1-11-8-13(17-14(11)15-2)10-16-9-12-6-4-3-5-7-12;2*8-6-7-4-2-1-3-5-7/h3-7,11,13-14H,8-10H2,1-2H3;2*1-5,8H,6H2/t11-,13?,14?;;/m0../s1. The van der Waals surface area contributed by atoms with E-state index < -0.39 is 0 Å². The van der Waals surface area contributed by atoms with Gasteiger partial charge in [0.15, 0.2) is 6.29 Å². The van der Waals surface area contributed by atoms with Crippen LogP contribution in [0.3, 0.4) is 0 Å². The van der Waals surface area contributed by atoms with Crippen molar-refractivity contribution in [1.82, 2.24) is 0 Å². The van der Waals surface area contributed by atoms with Gasteiger partial charge in [0.1, 0.15) is 0 Å². The highest BCUT2D eigenvalue weighted by molar-refractivity contribution is 5.14. The van der Waals surface area contributed by atoms with E-state index >= 15 is 0 Å². The van der Waals surface area contributed by atoms with Gasteiger partial charge in [0, 0.05) is 13.0 Å². The molecule has 5 heteroatoms. The number of hydrogen-bond acceptors (Lipinski definition) is 5. The van der Waals surface area contributed by atoms with E-state index in [1.807, 2.05) is 78.9 Å². The fraction of sp³-hybridized carbons (Fsp3) is 0.357. The summed E-state index contributed by atoms with van der Waals surface area (Å²) in [7, 11) is 1.69. The number of rotatable bonds is 7. The minimum atomic E-state index is -0.0691. The highest BCUT2D eigenvalue weighted by Crippen LogP contribution is 2.26. The number of ether oxygens (including phenoxy) is 3. The van der Waals surface area contributed by atoms with Gasteiger partial charge in [-0.15, -0.1) is 0 Å². The molecule has 3 atom stereocenters. The van der Waals surface area contributed by atoms with E-state index in [0.29, 0.717) is 19.1 Å². The molecular formula is C28H36O5. The number of hydrogen-bond donors (Lipinski definition) is 2.